The topological polar surface area (TPSA) is 74.4 Å². The standard InChI is InChI=1S/C23H36O6/c1-2-3-4-5-6-7-8-9-10-11-12-13-14-26-15-23-17-16(21(24)28-22(17)25)18(29-23)19-20(23)27-19/h16-20H,2-15H2,1H3. The lowest BCUT2D eigenvalue weighted by molar-refractivity contribution is -0.167. The zero-order valence-electron chi connectivity index (χ0n) is 17.7. The summed E-state index contributed by atoms with van der Waals surface area (Å²) < 4.78 is 22.5. The number of fused-ring (bicyclic) bond motifs is 8. The van der Waals surface area contributed by atoms with Crippen LogP contribution in [0.3, 0.4) is 0 Å². The van der Waals surface area contributed by atoms with Gasteiger partial charge >= 0.3 is 11.9 Å². The van der Waals surface area contributed by atoms with Crippen LogP contribution in [0.1, 0.15) is 84.0 Å². The molecule has 4 aliphatic rings. The molecule has 0 N–H and O–H groups in total. The molecule has 0 radical (unpaired) electrons. The van der Waals surface area contributed by atoms with Gasteiger partial charge in [0, 0.05) is 6.61 Å². The molecule has 6 unspecified atom stereocenters. The van der Waals surface area contributed by atoms with Crippen molar-refractivity contribution in [2.45, 2.75) is 108 Å². The van der Waals surface area contributed by atoms with Gasteiger partial charge in [0.05, 0.1) is 6.61 Å². The van der Waals surface area contributed by atoms with Gasteiger partial charge in [-0.05, 0) is 6.42 Å². The van der Waals surface area contributed by atoms with Gasteiger partial charge in [-0.15, -0.1) is 0 Å². The number of esters is 2. The van der Waals surface area contributed by atoms with Crippen LogP contribution in [0.2, 0.25) is 0 Å². The van der Waals surface area contributed by atoms with Gasteiger partial charge in [-0.2, -0.15) is 0 Å². The molecule has 4 aliphatic heterocycles. The maximum Gasteiger partial charge on any atom is 0.320 e. The van der Waals surface area contributed by atoms with E-state index >= 15 is 0 Å². The van der Waals surface area contributed by atoms with Gasteiger partial charge in [0.2, 0.25) is 0 Å². The summed E-state index contributed by atoms with van der Waals surface area (Å²) >= 11 is 0. The van der Waals surface area contributed by atoms with Gasteiger partial charge < -0.3 is 18.9 Å². The van der Waals surface area contributed by atoms with Gasteiger partial charge in [-0.3, -0.25) is 9.59 Å². The van der Waals surface area contributed by atoms with Crippen LogP contribution in [0.15, 0.2) is 0 Å². The highest BCUT2D eigenvalue weighted by atomic mass is 16.7. The van der Waals surface area contributed by atoms with E-state index in [1.165, 1.54) is 70.6 Å². The van der Waals surface area contributed by atoms with Crippen molar-refractivity contribution >= 4 is 11.9 Å². The minimum atomic E-state index is -0.805. The van der Waals surface area contributed by atoms with E-state index in [1.54, 1.807) is 0 Å². The number of carbonyl (C=O) groups is 2. The Balaban J connectivity index is 1.04. The van der Waals surface area contributed by atoms with Gasteiger partial charge in [-0.1, -0.05) is 77.6 Å². The average Bonchev–Trinajstić information content (AvgIpc) is 3.27. The lowest BCUT2D eigenvalue weighted by Gasteiger charge is -2.28. The van der Waals surface area contributed by atoms with Gasteiger partial charge in [0.1, 0.15) is 35.7 Å². The summed E-state index contributed by atoms with van der Waals surface area (Å²) in [5.74, 6) is -1.97. The fourth-order valence-corrected chi connectivity index (χ4v) is 5.51. The Kier molecular flexibility index (Phi) is 6.92. The Labute approximate surface area is 174 Å². The van der Waals surface area contributed by atoms with Crippen molar-refractivity contribution in [3.8, 4) is 0 Å². The summed E-state index contributed by atoms with van der Waals surface area (Å²) in [7, 11) is 0. The number of hydrogen-bond donors (Lipinski definition) is 0. The molecule has 4 fully saturated rings. The van der Waals surface area contributed by atoms with Crippen molar-refractivity contribution in [1.29, 1.82) is 0 Å². The van der Waals surface area contributed by atoms with Crippen molar-refractivity contribution < 1.29 is 28.5 Å². The molecule has 0 spiro atoms. The number of cyclic esters (lactones) is 2. The van der Waals surface area contributed by atoms with Crippen LogP contribution < -0.4 is 0 Å². The molecule has 0 aromatic rings. The molecule has 4 rings (SSSR count). The molecule has 0 aromatic carbocycles. The van der Waals surface area contributed by atoms with E-state index < -0.39 is 29.4 Å². The molecule has 2 bridgehead atoms. The van der Waals surface area contributed by atoms with Crippen molar-refractivity contribution in [2.24, 2.45) is 11.8 Å². The first-order valence-corrected chi connectivity index (χ1v) is 11.9. The van der Waals surface area contributed by atoms with E-state index in [0.717, 1.165) is 6.42 Å². The second-order valence-corrected chi connectivity index (χ2v) is 9.24. The molecular weight excluding hydrogens is 372 g/mol. The highest BCUT2D eigenvalue weighted by molar-refractivity contribution is 5.99. The third-order valence-corrected chi connectivity index (χ3v) is 7.12. The van der Waals surface area contributed by atoms with Crippen LogP contribution in [0.25, 0.3) is 0 Å². The average molecular weight is 409 g/mol. The zero-order valence-corrected chi connectivity index (χ0v) is 17.7. The number of carbonyl (C=O) groups excluding carboxylic acids is 2. The number of hydrogen-bond acceptors (Lipinski definition) is 6. The van der Waals surface area contributed by atoms with E-state index in [9.17, 15) is 9.59 Å². The lowest BCUT2D eigenvalue weighted by Crippen LogP contribution is -2.49. The predicted octanol–water partition coefficient (Wildman–Crippen LogP) is 3.94. The molecule has 6 atom stereocenters. The summed E-state index contributed by atoms with van der Waals surface area (Å²) in [6, 6.07) is 0. The summed E-state index contributed by atoms with van der Waals surface area (Å²) in [5.41, 5.74) is -0.805. The molecule has 164 valence electrons. The van der Waals surface area contributed by atoms with Crippen molar-refractivity contribution in [3.63, 3.8) is 0 Å². The largest absolute Gasteiger partial charge is 0.393 e. The van der Waals surface area contributed by atoms with Crippen LogP contribution in [-0.4, -0.2) is 49.1 Å². The molecule has 4 saturated heterocycles. The SMILES string of the molecule is CCCCCCCCCCCCCCOCC12OC(C3OC31)C1C(=O)OC(=O)C12. The van der Waals surface area contributed by atoms with Gasteiger partial charge in [0.15, 0.2) is 0 Å². The van der Waals surface area contributed by atoms with Gasteiger partial charge in [-0.25, -0.2) is 0 Å². The van der Waals surface area contributed by atoms with E-state index in [2.05, 4.69) is 6.92 Å². The quantitative estimate of drug-likeness (QED) is 0.177. The molecule has 4 heterocycles. The second-order valence-electron chi connectivity index (χ2n) is 9.24. The van der Waals surface area contributed by atoms with E-state index in [1.807, 2.05) is 0 Å². The predicted molar refractivity (Wildman–Crippen MR) is 106 cm³/mol. The summed E-state index contributed by atoms with van der Waals surface area (Å²) in [6.45, 7) is 3.23. The third kappa shape index (κ3) is 4.26. The molecule has 6 nitrogen and oxygen atoms in total. The zero-order chi connectivity index (χ0) is 20.3. The van der Waals surface area contributed by atoms with Crippen molar-refractivity contribution in [1.82, 2.24) is 0 Å². The minimum absolute atomic E-state index is 0.0649. The second kappa shape index (κ2) is 9.44. The van der Waals surface area contributed by atoms with Gasteiger partial charge in [0.25, 0.3) is 0 Å². The smallest absolute Gasteiger partial charge is 0.320 e. The maximum absolute atomic E-state index is 12.1. The Morgan fingerprint density at radius 1 is 0.828 bits per heavy atom. The molecule has 29 heavy (non-hydrogen) atoms. The fraction of sp³-hybridized carbons (Fsp3) is 0.913. The molecule has 0 aliphatic carbocycles. The fourth-order valence-electron chi connectivity index (χ4n) is 5.51. The molecule has 0 amide bonds. The van der Waals surface area contributed by atoms with Crippen LogP contribution in [0.4, 0.5) is 0 Å². The Morgan fingerprint density at radius 2 is 1.45 bits per heavy atom. The van der Waals surface area contributed by atoms with E-state index in [-0.39, 0.29) is 18.3 Å². The molecule has 6 heteroatoms. The van der Waals surface area contributed by atoms with E-state index in [0.29, 0.717) is 13.2 Å². The monoisotopic (exact) mass is 408 g/mol. The maximum atomic E-state index is 12.1. The lowest BCUT2D eigenvalue weighted by atomic mass is 9.73. The van der Waals surface area contributed by atoms with Crippen molar-refractivity contribution in [2.75, 3.05) is 13.2 Å². The highest BCUT2D eigenvalue weighted by Crippen LogP contribution is 2.62. The number of rotatable bonds is 15. The first kappa shape index (κ1) is 21.3. The van der Waals surface area contributed by atoms with Crippen LogP contribution in [0, 0.1) is 11.8 Å². The Morgan fingerprint density at radius 3 is 2.10 bits per heavy atom. The summed E-state index contributed by atoms with van der Waals surface area (Å²) in [6.07, 6.45) is 15.2. The third-order valence-electron chi connectivity index (χ3n) is 7.12. The number of ether oxygens (including phenoxy) is 4. The van der Waals surface area contributed by atoms with Crippen LogP contribution >= 0.6 is 0 Å². The Hall–Kier alpha value is -0.980. The van der Waals surface area contributed by atoms with Crippen LogP contribution in [-0.2, 0) is 28.5 Å². The normalized spacial score (nSPS) is 36.4. The van der Waals surface area contributed by atoms with E-state index in [4.69, 9.17) is 18.9 Å². The minimum Gasteiger partial charge on any atom is -0.393 e. The highest BCUT2D eigenvalue weighted by Gasteiger charge is 2.82. The first-order valence-electron chi connectivity index (χ1n) is 11.9. The van der Waals surface area contributed by atoms with Crippen LogP contribution in [0.5, 0.6) is 0 Å². The van der Waals surface area contributed by atoms with Crippen molar-refractivity contribution in [3.05, 3.63) is 0 Å². The summed E-state index contributed by atoms with van der Waals surface area (Å²) in [4.78, 5) is 24.1. The number of epoxide rings is 1. The Bertz CT molecular complexity index is 592. The summed E-state index contributed by atoms with van der Waals surface area (Å²) in [5, 5.41) is 0. The molecular formula is C23H36O6. The molecule has 0 aromatic heterocycles. The molecule has 0 saturated carbocycles. The first-order chi connectivity index (χ1) is 14.2. The number of unbranched alkanes of at least 4 members (excludes halogenated alkanes) is 11.